The van der Waals surface area contributed by atoms with Crippen molar-refractivity contribution in [2.75, 3.05) is 6.61 Å². The van der Waals surface area contributed by atoms with Gasteiger partial charge in [0.1, 0.15) is 18.3 Å². The Morgan fingerprint density at radius 3 is 2.82 bits per heavy atom. The van der Waals surface area contributed by atoms with Crippen molar-refractivity contribution in [3.63, 3.8) is 0 Å². The Bertz CT molecular complexity index is 342. The van der Waals surface area contributed by atoms with Crippen molar-refractivity contribution in [3.8, 4) is 0 Å². The predicted molar refractivity (Wildman–Crippen MR) is 58.6 cm³/mol. The zero-order chi connectivity index (χ0) is 13.0. The van der Waals surface area contributed by atoms with Gasteiger partial charge in [-0.2, -0.15) is 0 Å². The van der Waals surface area contributed by atoms with E-state index >= 15 is 0 Å². The van der Waals surface area contributed by atoms with Gasteiger partial charge in [0.05, 0.1) is 24.4 Å². The highest BCUT2D eigenvalue weighted by atomic mass is 16.5. The van der Waals surface area contributed by atoms with Crippen LogP contribution in [0.4, 0.5) is 0 Å². The molecule has 0 aromatic rings. The number of nitrogens with zero attached hydrogens (tertiary/aromatic N) is 3. The number of aliphatic hydroxyl groups is 3. The maximum Gasteiger partial charge on any atom is 0.142 e. The van der Waals surface area contributed by atoms with Crippen LogP contribution in [0.15, 0.2) is 16.9 Å². The van der Waals surface area contributed by atoms with Crippen LogP contribution in [0.3, 0.4) is 0 Å². The second-order valence-electron chi connectivity index (χ2n) is 3.87. The van der Waals surface area contributed by atoms with E-state index in [1.54, 1.807) is 13.0 Å². The van der Waals surface area contributed by atoms with E-state index < -0.39 is 37.0 Å². The van der Waals surface area contributed by atoms with Gasteiger partial charge in [-0.3, -0.25) is 0 Å². The van der Waals surface area contributed by atoms with Gasteiger partial charge >= 0.3 is 0 Å². The smallest absolute Gasteiger partial charge is 0.142 e. The Labute approximate surface area is 97.9 Å². The van der Waals surface area contributed by atoms with Crippen molar-refractivity contribution in [2.45, 2.75) is 37.3 Å². The maximum atomic E-state index is 9.74. The lowest BCUT2D eigenvalue weighted by atomic mass is 9.94. The molecule has 1 heterocycles. The lowest BCUT2D eigenvalue weighted by Crippen LogP contribution is -2.56. The summed E-state index contributed by atoms with van der Waals surface area (Å²) in [6.45, 7) is 1.01. The average Bonchev–Trinajstić information content (AvgIpc) is 2.31. The highest BCUT2D eigenvalue weighted by molar-refractivity contribution is 5.11. The SMILES string of the molecule is CC1=C[C@H](N=[N+]=[N-])[C@@H](N)[C@H]([C@@H](O)[C@@H](O)CO)O1. The third kappa shape index (κ3) is 3.09. The van der Waals surface area contributed by atoms with Crippen LogP contribution >= 0.6 is 0 Å². The maximum absolute atomic E-state index is 9.74. The van der Waals surface area contributed by atoms with Gasteiger partial charge in [-0.1, -0.05) is 5.11 Å². The first kappa shape index (κ1) is 13.8. The summed E-state index contributed by atoms with van der Waals surface area (Å²) in [6.07, 6.45) is -2.10. The molecular formula is C9H16N4O4. The Morgan fingerprint density at radius 2 is 2.29 bits per heavy atom. The molecule has 0 saturated heterocycles. The minimum absolute atomic E-state index is 0.443. The lowest BCUT2D eigenvalue weighted by molar-refractivity contribution is -0.0981. The van der Waals surface area contributed by atoms with Crippen LogP contribution < -0.4 is 5.73 Å². The summed E-state index contributed by atoms with van der Waals surface area (Å²) in [6, 6.07) is -1.44. The number of aliphatic hydroxyl groups excluding tert-OH is 3. The normalized spacial score (nSPS) is 31.8. The first-order chi connectivity index (χ1) is 8.01. The van der Waals surface area contributed by atoms with Gasteiger partial charge < -0.3 is 25.8 Å². The molecule has 96 valence electrons. The van der Waals surface area contributed by atoms with E-state index in [2.05, 4.69) is 10.0 Å². The first-order valence-corrected chi connectivity index (χ1v) is 5.13. The molecular weight excluding hydrogens is 228 g/mol. The van der Waals surface area contributed by atoms with Gasteiger partial charge in [0, 0.05) is 4.91 Å². The molecule has 1 aliphatic heterocycles. The van der Waals surface area contributed by atoms with Gasteiger partial charge in [0.15, 0.2) is 0 Å². The summed E-state index contributed by atoms with van der Waals surface area (Å²) in [7, 11) is 0. The highest BCUT2D eigenvalue weighted by Gasteiger charge is 2.38. The molecule has 0 radical (unpaired) electrons. The van der Waals surface area contributed by atoms with Gasteiger partial charge in [0.25, 0.3) is 0 Å². The molecule has 0 aromatic heterocycles. The molecule has 0 amide bonds. The third-order valence-corrected chi connectivity index (χ3v) is 2.60. The molecule has 0 aliphatic carbocycles. The Hall–Kier alpha value is -1.31. The van der Waals surface area contributed by atoms with E-state index in [1.807, 2.05) is 0 Å². The standard InChI is InChI=1S/C9H16N4O4/c1-4-2-5(12-13-11)7(10)9(17-4)8(16)6(15)3-14/h2,5-9,14-16H,3,10H2,1H3/t5-,6-,7+,8-,9+/m0/s1. The molecule has 1 rings (SSSR count). The zero-order valence-corrected chi connectivity index (χ0v) is 9.34. The van der Waals surface area contributed by atoms with Crippen molar-refractivity contribution in [2.24, 2.45) is 10.8 Å². The van der Waals surface area contributed by atoms with E-state index in [9.17, 15) is 10.2 Å². The molecule has 8 nitrogen and oxygen atoms in total. The number of hydrogen-bond donors (Lipinski definition) is 4. The van der Waals surface area contributed by atoms with Gasteiger partial charge in [-0.25, -0.2) is 0 Å². The summed E-state index contributed by atoms with van der Waals surface area (Å²) in [5.74, 6) is 0.443. The van der Waals surface area contributed by atoms with E-state index in [0.717, 1.165) is 0 Å². The highest BCUT2D eigenvalue weighted by Crippen LogP contribution is 2.22. The predicted octanol–water partition coefficient (Wildman–Crippen LogP) is -0.991. The fourth-order valence-electron chi connectivity index (χ4n) is 1.67. The minimum atomic E-state index is -1.36. The van der Waals surface area contributed by atoms with Crippen LogP contribution in [0.25, 0.3) is 10.4 Å². The van der Waals surface area contributed by atoms with Crippen LogP contribution in [-0.4, -0.2) is 52.3 Å². The number of ether oxygens (including phenoxy) is 1. The number of nitrogens with two attached hydrogens (primary N) is 1. The van der Waals surface area contributed by atoms with E-state index in [-0.39, 0.29) is 0 Å². The van der Waals surface area contributed by atoms with E-state index in [0.29, 0.717) is 5.76 Å². The molecule has 5 atom stereocenters. The average molecular weight is 244 g/mol. The fourth-order valence-corrected chi connectivity index (χ4v) is 1.67. The quantitative estimate of drug-likeness (QED) is 0.285. The third-order valence-electron chi connectivity index (χ3n) is 2.60. The van der Waals surface area contributed by atoms with Crippen molar-refractivity contribution < 1.29 is 20.1 Å². The molecule has 0 aromatic carbocycles. The summed E-state index contributed by atoms with van der Waals surface area (Å²) < 4.78 is 5.29. The molecule has 0 fully saturated rings. The van der Waals surface area contributed by atoms with Crippen LogP contribution in [0.1, 0.15) is 6.92 Å². The fraction of sp³-hybridized carbons (Fsp3) is 0.778. The van der Waals surface area contributed by atoms with Crippen LogP contribution in [0, 0.1) is 0 Å². The zero-order valence-electron chi connectivity index (χ0n) is 9.34. The number of azide groups is 1. The largest absolute Gasteiger partial charge is 0.491 e. The van der Waals surface area contributed by atoms with Gasteiger partial charge in [-0.05, 0) is 18.5 Å². The van der Waals surface area contributed by atoms with Gasteiger partial charge in [0.2, 0.25) is 0 Å². The summed E-state index contributed by atoms with van der Waals surface area (Å²) in [5.41, 5.74) is 14.2. The summed E-state index contributed by atoms with van der Waals surface area (Å²) in [5, 5.41) is 31.3. The molecule has 5 N–H and O–H groups in total. The minimum Gasteiger partial charge on any atom is -0.491 e. The van der Waals surface area contributed by atoms with Crippen molar-refractivity contribution in [1.29, 1.82) is 0 Å². The molecule has 0 unspecified atom stereocenters. The molecule has 0 saturated carbocycles. The van der Waals surface area contributed by atoms with Gasteiger partial charge in [-0.15, -0.1) is 0 Å². The van der Waals surface area contributed by atoms with Crippen molar-refractivity contribution >= 4 is 0 Å². The number of rotatable bonds is 4. The van der Waals surface area contributed by atoms with Crippen LogP contribution in [0.5, 0.6) is 0 Å². The monoisotopic (exact) mass is 244 g/mol. The topological polar surface area (TPSA) is 145 Å². The first-order valence-electron chi connectivity index (χ1n) is 5.13. The molecule has 0 bridgehead atoms. The van der Waals surface area contributed by atoms with Crippen LogP contribution in [-0.2, 0) is 4.74 Å². The number of hydrogen-bond acceptors (Lipinski definition) is 6. The summed E-state index contributed by atoms with van der Waals surface area (Å²) >= 11 is 0. The molecule has 17 heavy (non-hydrogen) atoms. The Morgan fingerprint density at radius 1 is 1.65 bits per heavy atom. The second-order valence-corrected chi connectivity index (χ2v) is 3.87. The van der Waals surface area contributed by atoms with E-state index in [1.165, 1.54) is 0 Å². The Kier molecular flexibility index (Phi) is 4.73. The number of allylic oxidation sites excluding steroid dienone is 1. The Balaban J connectivity index is 2.88. The van der Waals surface area contributed by atoms with Crippen LogP contribution in [0.2, 0.25) is 0 Å². The molecule has 8 heteroatoms. The second kappa shape index (κ2) is 5.85. The molecule has 0 spiro atoms. The van der Waals surface area contributed by atoms with E-state index in [4.69, 9.17) is 21.1 Å². The van der Waals surface area contributed by atoms with Crippen molar-refractivity contribution in [3.05, 3.63) is 22.3 Å². The lowest BCUT2D eigenvalue weighted by Gasteiger charge is -2.36. The summed E-state index contributed by atoms with van der Waals surface area (Å²) in [4.78, 5) is 2.65. The molecule has 1 aliphatic rings. The van der Waals surface area contributed by atoms with Crippen molar-refractivity contribution in [1.82, 2.24) is 0 Å².